The van der Waals surface area contributed by atoms with Crippen LogP contribution in [-0.2, 0) is 11.2 Å². The van der Waals surface area contributed by atoms with Gasteiger partial charge in [-0.15, -0.1) is 0 Å². The van der Waals surface area contributed by atoms with Gasteiger partial charge in [0.15, 0.2) is 0 Å². The molecule has 2 fully saturated rings. The zero-order chi connectivity index (χ0) is 28.2. The summed E-state index contributed by atoms with van der Waals surface area (Å²) in [6.07, 6.45) is 0.889. The van der Waals surface area contributed by atoms with Crippen LogP contribution in [0.4, 0.5) is 13.6 Å². The van der Waals surface area contributed by atoms with E-state index < -0.39 is 18.2 Å². The summed E-state index contributed by atoms with van der Waals surface area (Å²) < 4.78 is 30.6. The average molecular weight is 554 g/mol. The third kappa shape index (κ3) is 4.46. The minimum atomic E-state index is -2.96. The van der Waals surface area contributed by atoms with Gasteiger partial charge in [0, 0.05) is 55.7 Å². The first-order chi connectivity index (χ1) is 19.2. The Hall–Kier alpha value is -3.70. The summed E-state index contributed by atoms with van der Waals surface area (Å²) in [6, 6.07) is 10.3. The molecule has 0 spiro atoms. The molecule has 1 aromatic heterocycles. The highest BCUT2D eigenvalue weighted by atomic mass is 19.3. The van der Waals surface area contributed by atoms with Crippen molar-refractivity contribution in [2.24, 2.45) is 0 Å². The lowest BCUT2D eigenvalue weighted by molar-refractivity contribution is -0.133. The van der Waals surface area contributed by atoms with Crippen molar-refractivity contribution in [2.75, 3.05) is 46.3 Å². The molecule has 3 aliphatic rings. The smallest absolute Gasteiger partial charge is 0.387 e. The van der Waals surface area contributed by atoms with E-state index >= 15 is 0 Å². The second-order valence-electron chi connectivity index (χ2n) is 11.2. The number of aromatic amines is 1. The number of aromatic hydroxyl groups is 1. The number of fused-ring (bicyclic) bond motifs is 4. The van der Waals surface area contributed by atoms with E-state index in [1.54, 1.807) is 42.2 Å². The Labute approximate surface area is 230 Å². The van der Waals surface area contributed by atoms with Crippen LogP contribution in [0.15, 0.2) is 42.5 Å². The molecule has 9 nitrogen and oxygen atoms in total. The number of aromatic nitrogens is 1. The van der Waals surface area contributed by atoms with Gasteiger partial charge in [-0.1, -0.05) is 12.1 Å². The van der Waals surface area contributed by atoms with Crippen LogP contribution in [0.3, 0.4) is 0 Å². The Kier molecular flexibility index (Phi) is 6.66. The number of phenolic OH excluding ortho intramolecular Hbond substituents is 1. The number of benzene rings is 2. The summed E-state index contributed by atoms with van der Waals surface area (Å²) in [6.45, 7) is 3.82. The maximum absolute atomic E-state index is 14.0. The van der Waals surface area contributed by atoms with Crippen LogP contribution in [0.25, 0.3) is 10.9 Å². The number of alkyl halides is 2. The van der Waals surface area contributed by atoms with Gasteiger partial charge >= 0.3 is 12.6 Å². The Balaban J connectivity index is 1.36. The van der Waals surface area contributed by atoms with Crippen LogP contribution in [-0.4, -0.2) is 100 Å². The minimum Gasteiger partial charge on any atom is -0.508 e. The number of H-pyrrole nitrogens is 1. The number of rotatable bonds is 7. The summed E-state index contributed by atoms with van der Waals surface area (Å²) >= 11 is 0. The van der Waals surface area contributed by atoms with Gasteiger partial charge in [-0.3, -0.25) is 14.6 Å². The highest BCUT2D eigenvalue weighted by Crippen LogP contribution is 2.49. The molecule has 6 rings (SSSR count). The summed E-state index contributed by atoms with van der Waals surface area (Å²) in [5.74, 6) is -0.219. The van der Waals surface area contributed by atoms with Crippen molar-refractivity contribution in [1.29, 1.82) is 0 Å². The van der Waals surface area contributed by atoms with Crippen molar-refractivity contribution >= 4 is 22.8 Å². The SMILES string of the molecule is CN1CCN(CCCN2C(=O)N3[C@H](c4cccc(O)c4)c4[nH]c5ccc(OC(F)F)cc5c4C[C@@]3(C)C2=O)CC1. The second kappa shape index (κ2) is 10.0. The van der Waals surface area contributed by atoms with Crippen molar-refractivity contribution in [2.45, 2.75) is 38.0 Å². The van der Waals surface area contributed by atoms with Crippen LogP contribution >= 0.6 is 0 Å². The molecule has 11 heteroatoms. The van der Waals surface area contributed by atoms with E-state index in [4.69, 9.17) is 0 Å². The number of imide groups is 1. The summed E-state index contributed by atoms with van der Waals surface area (Å²) in [5.41, 5.74) is 1.59. The molecule has 3 amide bonds. The molecule has 2 saturated heterocycles. The molecule has 3 aromatic rings. The zero-order valence-corrected chi connectivity index (χ0v) is 22.6. The number of halogens is 2. The zero-order valence-electron chi connectivity index (χ0n) is 22.6. The maximum atomic E-state index is 14.0. The van der Waals surface area contributed by atoms with Gasteiger partial charge in [-0.25, -0.2) is 4.79 Å². The number of hydrogen-bond donors (Lipinski definition) is 2. The molecule has 0 radical (unpaired) electrons. The van der Waals surface area contributed by atoms with Crippen LogP contribution in [0.5, 0.6) is 11.5 Å². The van der Waals surface area contributed by atoms with Crippen LogP contribution < -0.4 is 4.74 Å². The van der Waals surface area contributed by atoms with Crippen molar-refractivity contribution < 1.29 is 28.2 Å². The van der Waals surface area contributed by atoms with Gasteiger partial charge in [-0.05, 0) is 68.4 Å². The van der Waals surface area contributed by atoms with E-state index in [0.29, 0.717) is 35.1 Å². The number of carbonyl (C=O) groups excluding carboxylic acids is 2. The van der Waals surface area contributed by atoms with Crippen molar-refractivity contribution in [1.82, 2.24) is 24.6 Å². The van der Waals surface area contributed by atoms with Gasteiger partial charge in [-0.2, -0.15) is 8.78 Å². The molecule has 4 heterocycles. The Morgan fingerprint density at radius 2 is 1.88 bits per heavy atom. The standard InChI is InChI=1S/C29H33F2N5O4/c1-29-17-22-21-16-20(40-27(30)31)7-8-23(21)32-24(22)25(18-5-3-6-19(37)15-18)36(29)28(39)35(26(29)38)10-4-9-34-13-11-33(2)12-14-34/h3,5-8,15-16,25,27,32,37H,4,9-14,17H2,1-2H3/t25-,29+/m1/s1. The summed E-state index contributed by atoms with van der Waals surface area (Å²) in [4.78, 5) is 38.9. The first-order valence-electron chi connectivity index (χ1n) is 13.6. The monoisotopic (exact) mass is 553 g/mol. The predicted octanol–water partition coefficient (Wildman–Crippen LogP) is 3.78. The van der Waals surface area contributed by atoms with E-state index in [1.807, 2.05) is 6.07 Å². The Morgan fingerprint density at radius 1 is 1.10 bits per heavy atom. The molecule has 0 unspecified atom stereocenters. The van der Waals surface area contributed by atoms with E-state index in [-0.39, 0.29) is 29.9 Å². The van der Waals surface area contributed by atoms with E-state index in [0.717, 1.165) is 38.3 Å². The van der Waals surface area contributed by atoms with Crippen LogP contribution in [0.2, 0.25) is 0 Å². The predicted molar refractivity (Wildman–Crippen MR) is 144 cm³/mol. The number of nitrogens with one attached hydrogen (secondary N) is 1. The molecule has 0 aliphatic carbocycles. The van der Waals surface area contributed by atoms with Crippen LogP contribution in [0, 0.1) is 0 Å². The highest BCUT2D eigenvalue weighted by Gasteiger charge is 2.60. The fourth-order valence-corrected chi connectivity index (χ4v) is 6.43. The maximum Gasteiger partial charge on any atom is 0.387 e. The number of carbonyl (C=O) groups is 2. The van der Waals surface area contributed by atoms with Gasteiger partial charge in [0.1, 0.15) is 23.1 Å². The number of likely N-dealkylation sites (N-methyl/N-ethyl adjacent to an activating group) is 1. The largest absolute Gasteiger partial charge is 0.508 e. The van der Waals surface area contributed by atoms with Crippen molar-refractivity contribution in [3.63, 3.8) is 0 Å². The lowest BCUT2D eigenvalue weighted by Gasteiger charge is -2.42. The van der Waals surface area contributed by atoms with Crippen molar-refractivity contribution in [3.05, 3.63) is 59.3 Å². The molecule has 2 aromatic carbocycles. The lowest BCUT2D eigenvalue weighted by Crippen LogP contribution is -2.53. The fourth-order valence-electron chi connectivity index (χ4n) is 6.43. The molecule has 3 aliphatic heterocycles. The molecule has 0 bridgehead atoms. The first kappa shape index (κ1) is 26.5. The van der Waals surface area contributed by atoms with E-state index in [9.17, 15) is 23.5 Å². The van der Waals surface area contributed by atoms with Gasteiger partial charge in [0.25, 0.3) is 5.91 Å². The molecule has 212 valence electrons. The third-order valence-corrected chi connectivity index (χ3v) is 8.50. The highest BCUT2D eigenvalue weighted by molar-refractivity contribution is 6.08. The lowest BCUT2D eigenvalue weighted by atomic mass is 9.81. The second-order valence-corrected chi connectivity index (χ2v) is 11.2. The van der Waals surface area contributed by atoms with Gasteiger partial charge < -0.3 is 24.6 Å². The van der Waals surface area contributed by atoms with Gasteiger partial charge in [0.05, 0.1) is 0 Å². The summed E-state index contributed by atoms with van der Waals surface area (Å²) in [7, 11) is 2.10. The number of piperazine rings is 1. The number of ether oxygens (including phenoxy) is 1. The fraction of sp³-hybridized carbons (Fsp3) is 0.448. The molecule has 0 saturated carbocycles. The number of urea groups is 1. The number of nitrogens with zero attached hydrogens (tertiary/aromatic N) is 4. The van der Waals surface area contributed by atoms with Crippen molar-refractivity contribution in [3.8, 4) is 11.5 Å². The number of amides is 3. The van der Waals surface area contributed by atoms with E-state index in [1.165, 1.54) is 11.0 Å². The summed E-state index contributed by atoms with van der Waals surface area (Å²) in [5, 5.41) is 11.0. The molecular formula is C29H33F2N5O4. The molecule has 40 heavy (non-hydrogen) atoms. The number of hydrogen-bond acceptors (Lipinski definition) is 6. The van der Waals surface area contributed by atoms with Crippen LogP contribution in [0.1, 0.15) is 36.2 Å². The number of phenols is 1. The Morgan fingerprint density at radius 3 is 2.60 bits per heavy atom. The quantitative estimate of drug-likeness (QED) is 0.433. The average Bonchev–Trinajstić information content (AvgIpc) is 3.35. The molecular weight excluding hydrogens is 520 g/mol. The first-order valence-corrected chi connectivity index (χ1v) is 13.6. The third-order valence-electron chi connectivity index (χ3n) is 8.50. The van der Waals surface area contributed by atoms with E-state index in [2.05, 4.69) is 26.6 Å². The molecule has 2 atom stereocenters. The van der Waals surface area contributed by atoms with Gasteiger partial charge in [0.2, 0.25) is 0 Å². The minimum absolute atomic E-state index is 0.0187. The normalized spacial score (nSPS) is 23.8. The Bertz CT molecular complexity index is 1450. The topological polar surface area (TPSA) is 92.4 Å². The molecule has 2 N–H and O–H groups in total.